The van der Waals surface area contributed by atoms with Crippen molar-refractivity contribution in [2.75, 3.05) is 27.2 Å². The Hall–Kier alpha value is -0.710. The second kappa shape index (κ2) is 9.23. The molecular formula is C14H23ClN2OS. The van der Waals surface area contributed by atoms with E-state index >= 15 is 0 Å². The number of halogens is 1. The van der Waals surface area contributed by atoms with E-state index in [1.54, 1.807) is 16.7 Å². The van der Waals surface area contributed by atoms with Crippen LogP contribution in [0.25, 0.3) is 0 Å². The van der Waals surface area contributed by atoms with E-state index in [-0.39, 0.29) is 18.3 Å². The molecule has 0 bridgehead atoms. The molecule has 0 atom stereocenters. The van der Waals surface area contributed by atoms with Crippen LogP contribution in [0.2, 0.25) is 0 Å². The Morgan fingerprint density at radius 2 is 1.89 bits per heavy atom. The van der Waals surface area contributed by atoms with Gasteiger partial charge in [-0.25, -0.2) is 0 Å². The van der Waals surface area contributed by atoms with Crippen LogP contribution in [-0.4, -0.2) is 43.2 Å². The van der Waals surface area contributed by atoms with Gasteiger partial charge in [-0.2, -0.15) is 0 Å². The third-order valence-electron chi connectivity index (χ3n) is 2.52. The van der Waals surface area contributed by atoms with E-state index in [4.69, 9.17) is 0 Å². The molecule has 1 N–H and O–H groups in total. The number of amides is 1. The fourth-order valence-corrected chi connectivity index (χ4v) is 2.39. The number of carbonyl (C=O) groups excluding carboxylic acids is 1. The zero-order valence-electron chi connectivity index (χ0n) is 12.0. The van der Waals surface area contributed by atoms with Crippen molar-refractivity contribution in [3.05, 3.63) is 29.8 Å². The van der Waals surface area contributed by atoms with Gasteiger partial charge in [-0.1, -0.05) is 13.8 Å². The summed E-state index contributed by atoms with van der Waals surface area (Å²) >= 11 is 1.81. The van der Waals surface area contributed by atoms with Crippen molar-refractivity contribution in [3.8, 4) is 0 Å². The monoisotopic (exact) mass is 302 g/mol. The maximum atomic E-state index is 12.1. The molecule has 1 aromatic carbocycles. The Balaban J connectivity index is 0.00000324. The average Bonchev–Trinajstić information content (AvgIpc) is 2.35. The molecule has 1 rings (SSSR count). The number of benzene rings is 1. The number of hydrogen-bond donors (Lipinski definition) is 1. The van der Waals surface area contributed by atoms with Gasteiger partial charge >= 0.3 is 0 Å². The molecule has 3 nitrogen and oxygen atoms in total. The molecule has 0 aliphatic rings. The first kappa shape index (κ1) is 18.3. The van der Waals surface area contributed by atoms with Crippen LogP contribution in [0.1, 0.15) is 24.2 Å². The zero-order valence-corrected chi connectivity index (χ0v) is 13.6. The van der Waals surface area contributed by atoms with Crippen molar-refractivity contribution in [1.29, 1.82) is 0 Å². The molecule has 19 heavy (non-hydrogen) atoms. The quantitative estimate of drug-likeness (QED) is 0.820. The Kier molecular flexibility index (Phi) is 8.89. The molecule has 0 spiro atoms. The molecule has 0 aromatic heterocycles. The highest BCUT2D eigenvalue weighted by molar-refractivity contribution is 7.99. The van der Waals surface area contributed by atoms with E-state index in [2.05, 4.69) is 19.2 Å². The van der Waals surface area contributed by atoms with Gasteiger partial charge in [0, 0.05) is 35.8 Å². The number of nitrogens with zero attached hydrogens (tertiary/aromatic N) is 1. The average molecular weight is 303 g/mol. The molecule has 1 aromatic rings. The molecule has 5 heteroatoms. The van der Waals surface area contributed by atoms with Crippen LogP contribution in [-0.2, 0) is 0 Å². The third-order valence-corrected chi connectivity index (χ3v) is 3.53. The Morgan fingerprint density at radius 1 is 1.32 bits per heavy atom. The van der Waals surface area contributed by atoms with Gasteiger partial charge in [0.2, 0.25) is 0 Å². The van der Waals surface area contributed by atoms with Gasteiger partial charge in [-0.15, -0.1) is 24.2 Å². The molecule has 0 radical (unpaired) electrons. The summed E-state index contributed by atoms with van der Waals surface area (Å²) in [6.45, 7) is 5.85. The van der Waals surface area contributed by atoms with Crippen LogP contribution < -0.4 is 5.32 Å². The largest absolute Gasteiger partial charge is 0.340 e. The minimum absolute atomic E-state index is 0. The molecule has 0 aliphatic heterocycles. The van der Waals surface area contributed by atoms with E-state index in [1.807, 2.05) is 38.4 Å². The first-order valence-corrected chi connectivity index (χ1v) is 7.09. The number of rotatable bonds is 6. The van der Waals surface area contributed by atoms with Gasteiger partial charge in [0.15, 0.2) is 0 Å². The van der Waals surface area contributed by atoms with E-state index in [0.717, 1.165) is 18.7 Å². The summed E-state index contributed by atoms with van der Waals surface area (Å²) in [6, 6.07) is 7.85. The molecule has 0 saturated carbocycles. The molecule has 0 unspecified atom stereocenters. The third kappa shape index (κ3) is 6.32. The molecule has 108 valence electrons. The highest BCUT2D eigenvalue weighted by atomic mass is 35.5. The lowest BCUT2D eigenvalue weighted by Gasteiger charge is -2.17. The van der Waals surface area contributed by atoms with Crippen LogP contribution in [0.3, 0.4) is 0 Å². The topological polar surface area (TPSA) is 32.3 Å². The summed E-state index contributed by atoms with van der Waals surface area (Å²) in [7, 11) is 3.71. The molecular weight excluding hydrogens is 280 g/mol. The lowest BCUT2D eigenvalue weighted by Crippen LogP contribution is -2.32. The molecule has 0 saturated heterocycles. The van der Waals surface area contributed by atoms with Crippen molar-refractivity contribution in [3.63, 3.8) is 0 Å². The van der Waals surface area contributed by atoms with E-state index < -0.39 is 0 Å². The molecule has 0 aliphatic carbocycles. The minimum Gasteiger partial charge on any atom is -0.340 e. The summed E-state index contributed by atoms with van der Waals surface area (Å²) < 4.78 is 0. The molecule has 0 fully saturated rings. The van der Waals surface area contributed by atoms with Crippen LogP contribution >= 0.6 is 24.2 Å². The minimum atomic E-state index is 0. The van der Waals surface area contributed by atoms with Gasteiger partial charge in [-0.05, 0) is 31.3 Å². The van der Waals surface area contributed by atoms with E-state index in [9.17, 15) is 4.79 Å². The highest BCUT2D eigenvalue weighted by Gasteiger charge is 2.10. The predicted octanol–water partition coefficient (Wildman–Crippen LogP) is 2.90. The van der Waals surface area contributed by atoms with Gasteiger partial charge in [-0.3, -0.25) is 4.79 Å². The van der Waals surface area contributed by atoms with Gasteiger partial charge in [0.25, 0.3) is 5.91 Å². The standard InChI is InChI=1S/C14H22N2OS.ClH/c1-11(2)18-13-7-5-12(6-8-13)14(17)16(4)10-9-15-3;/h5-8,11,15H,9-10H2,1-4H3;1H. The van der Waals surface area contributed by atoms with Crippen LogP contribution in [0.5, 0.6) is 0 Å². The number of nitrogens with one attached hydrogen (secondary N) is 1. The number of hydrogen-bond acceptors (Lipinski definition) is 3. The molecule has 1 amide bonds. The lowest BCUT2D eigenvalue weighted by molar-refractivity contribution is 0.0797. The normalized spacial score (nSPS) is 10.2. The van der Waals surface area contributed by atoms with Crippen LogP contribution in [0, 0.1) is 0 Å². The Morgan fingerprint density at radius 3 is 2.37 bits per heavy atom. The van der Waals surface area contributed by atoms with Crippen molar-refractivity contribution >= 4 is 30.1 Å². The van der Waals surface area contributed by atoms with Gasteiger partial charge in [0.05, 0.1) is 0 Å². The second-order valence-electron chi connectivity index (χ2n) is 4.52. The summed E-state index contributed by atoms with van der Waals surface area (Å²) in [5.74, 6) is 0.0753. The summed E-state index contributed by atoms with van der Waals surface area (Å²) in [5.41, 5.74) is 0.752. The second-order valence-corrected chi connectivity index (χ2v) is 6.17. The smallest absolute Gasteiger partial charge is 0.253 e. The van der Waals surface area contributed by atoms with Gasteiger partial charge < -0.3 is 10.2 Å². The number of carbonyl (C=O) groups is 1. The predicted molar refractivity (Wildman–Crippen MR) is 85.6 cm³/mol. The van der Waals surface area contributed by atoms with Crippen molar-refractivity contribution in [2.45, 2.75) is 24.0 Å². The van der Waals surface area contributed by atoms with E-state index in [0.29, 0.717) is 5.25 Å². The zero-order chi connectivity index (χ0) is 13.5. The molecule has 0 heterocycles. The number of likely N-dealkylation sites (N-methyl/N-ethyl adjacent to an activating group) is 2. The van der Waals surface area contributed by atoms with Crippen molar-refractivity contribution in [2.24, 2.45) is 0 Å². The van der Waals surface area contributed by atoms with Crippen LogP contribution in [0.4, 0.5) is 0 Å². The maximum absolute atomic E-state index is 12.1. The van der Waals surface area contributed by atoms with Crippen molar-refractivity contribution < 1.29 is 4.79 Å². The Labute approximate surface area is 126 Å². The SMILES string of the molecule is CNCCN(C)C(=O)c1ccc(SC(C)C)cc1.Cl. The fraction of sp³-hybridized carbons (Fsp3) is 0.500. The fourth-order valence-electron chi connectivity index (χ4n) is 1.55. The lowest BCUT2D eigenvalue weighted by atomic mass is 10.2. The van der Waals surface area contributed by atoms with Crippen LogP contribution in [0.15, 0.2) is 29.2 Å². The summed E-state index contributed by atoms with van der Waals surface area (Å²) in [5, 5.41) is 3.60. The van der Waals surface area contributed by atoms with Gasteiger partial charge in [0.1, 0.15) is 0 Å². The number of thioether (sulfide) groups is 1. The summed E-state index contributed by atoms with van der Waals surface area (Å²) in [4.78, 5) is 15.0. The Bertz CT molecular complexity index is 382. The maximum Gasteiger partial charge on any atom is 0.253 e. The first-order chi connectivity index (χ1) is 8.54. The van der Waals surface area contributed by atoms with E-state index in [1.165, 1.54) is 4.90 Å². The van der Waals surface area contributed by atoms with Crippen molar-refractivity contribution in [1.82, 2.24) is 10.2 Å². The summed E-state index contributed by atoms with van der Waals surface area (Å²) in [6.07, 6.45) is 0. The highest BCUT2D eigenvalue weighted by Crippen LogP contribution is 2.23. The first-order valence-electron chi connectivity index (χ1n) is 6.21.